The Labute approximate surface area is 188 Å². The molecule has 0 bridgehead atoms. The van der Waals surface area contributed by atoms with E-state index in [1.165, 1.54) is 4.88 Å². The Morgan fingerprint density at radius 3 is 2.77 bits per heavy atom. The van der Waals surface area contributed by atoms with Gasteiger partial charge >= 0.3 is 0 Å². The molecule has 3 aromatic rings. The van der Waals surface area contributed by atoms with Gasteiger partial charge < -0.3 is 5.32 Å². The van der Waals surface area contributed by atoms with Gasteiger partial charge in [-0.15, -0.1) is 16.4 Å². The maximum absolute atomic E-state index is 13.1. The Kier molecular flexibility index (Phi) is 5.64. The van der Waals surface area contributed by atoms with Crippen molar-refractivity contribution in [3.05, 3.63) is 49.0 Å². The van der Waals surface area contributed by atoms with Gasteiger partial charge in [0.2, 0.25) is 5.91 Å². The maximum atomic E-state index is 13.1. The fourth-order valence-electron chi connectivity index (χ4n) is 3.88. The lowest BCUT2D eigenvalue weighted by molar-refractivity contribution is -0.117. The van der Waals surface area contributed by atoms with Gasteiger partial charge in [-0.25, -0.2) is 4.68 Å². The average Bonchev–Trinajstić information content (AvgIpc) is 3.05. The third-order valence-corrected chi connectivity index (χ3v) is 7.54. The van der Waals surface area contributed by atoms with Crippen LogP contribution in [-0.4, -0.2) is 20.9 Å². The Balaban J connectivity index is 1.59. The Morgan fingerprint density at radius 1 is 1.30 bits per heavy atom. The molecule has 30 heavy (non-hydrogen) atoms. The van der Waals surface area contributed by atoms with Gasteiger partial charge in [-0.3, -0.25) is 9.59 Å². The zero-order valence-electron chi connectivity index (χ0n) is 17.0. The van der Waals surface area contributed by atoms with Crippen LogP contribution in [0.4, 0.5) is 5.69 Å². The number of hydrogen-bond acceptors (Lipinski definition) is 5. The number of hydrogen-bond donors (Lipinski definition) is 1. The van der Waals surface area contributed by atoms with E-state index in [2.05, 4.69) is 36.4 Å². The lowest BCUT2D eigenvalue weighted by atomic mass is 9.72. The zero-order valence-corrected chi connectivity index (χ0v) is 19.3. The minimum Gasteiger partial charge on any atom is -0.324 e. The molecule has 1 aromatic carbocycles. The molecule has 0 radical (unpaired) electrons. The highest BCUT2D eigenvalue weighted by atomic mass is 35.5. The van der Waals surface area contributed by atoms with Crippen LogP contribution in [0, 0.1) is 11.3 Å². The van der Waals surface area contributed by atoms with Crippen molar-refractivity contribution in [1.29, 1.82) is 0 Å². The number of aromatic nitrogens is 3. The Bertz CT molecular complexity index is 1200. The summed E-state index contributed by atoms with van der Waals surface area (Å²) in [6, 6.07) is 4.80. The highest BCUT2D eigenvalue weighted by molar-refractivity contribution is 7.18. The van der Waals surface area contributed by atoms with Gasteiger partial charge in [0.05, 0.1) is 15.4 Å². The SMILES string of the molecule is CC(C)(C)[C@@H]1CCc2c(sc3nnn(CC(=O)Nc4ccc(Cl)c(Cl)c4)c(=O)c23)C1. The molecule has 1 aliphatic carbocycles. The number of anilines is 1. The van der Waals surface area contributed by atoms with Crippen LogP contribution in [0.1, 0.15) is 37.6 Å². The number of nitrogens with zero attached hydrogens (tertiary/aromatic N) is 3. The molecule has 6 nitrogen and oxygen atoms in total. The molecule has 4 rings (SSSR count). The van der Waals surface area contributed by atoms with Crippen LogP contribution in [0.2, 0.25) is 10.0 Å². The lowest BCUT2D eigenvalue weighted by Gasteiger charge is -2.33. The summed E-state index contributed by atoms with van der Waals surface area (Å²) in [7, 11) is 0. The second-order valence-corrected chi connectivity index (χ2v) is 10.6. The van der Waals surface area contributed by atoms with Gasteiger partial charge in [-0.2, -0.15) is 0 Å². The van der Waals surface area contributed by atoms with E-state index in [1.54, 1.807) is 29.5 Å². The Hall–Kier alpha value is -1.96. The number of thiophene rings is 1. The molecule has 2 aromatic heterocycles. The summed E-state index contributed by atoms with van der Waals surface area (Å²) in [5.41, 5.74) is 1.53. The van der Waals surface area contributed by atoms with E-state index < -0.39 is 0 Å². The number of benzene rings is 1. The van der Waals surface area contributed by atoms with E-state index >= 15 is 0 Å². The molecule has 158 valence electrons. The molecule has 1 aliphatic rings. The molecule has 2 heterocycles. The highest BCUT2D eigenvalue weighted by Crippen LogP contribution is 2.41. The standard InChI is InChI=1S/C21H22Cl2N4O2S/c1-21(2,3)11-4-6-13-16(8-11)30-19-18(13)20(29)27(26-25-19)10-17(28)24-12-5-7-14(22)15(23)9-12/h5,7,9,11H,4,6,8,10H2,1-3H3,(H,24,28)/t11-/m1/s1. The number of halogens is 2. The van der Waals surface area contributed by atoms with Crippen LogP contribution in [0.15, 0.2) is 23.0 Å². The van der Waals surface area contributed by atoms with E-state index in [4.69, 9.17) is 23.2 Å². The highest BCUT2D eigenvalue weighted by Gasteiger charge is 2.32. The van der Waals surface area contributed by atoms with Gasteiger partial charge in [0.25, 0.3) is 5.56 Å². The first-order valence-electron chi connectivity index (χ1n) is 9.76. The summed E-state index contributed by atoms with van der Waals surface area (Å²) in [4.78, 5) is 27.4. The third-order valence-electron chi connectivity index (χ3n) is 5.66. The van der Waals surface area contributed by atoms with Crippen molar-refractivity contribution < 1.29 is 4.79 Å². The summed E-state index contributed by atoms with van der Waals surface area (Å²) in [6.07, 6.45) is 2.85. The largest absolute Gasteiger partial charge is 0.324 e. The van der Waals surface area contributed by atoms with Crippen LogP contribution in [0.25, 0.3) is 10.2 Å². The van der Waals surface area contributed by atoms with Crippen molar-refractivity contribution in [3.63, 3.8) is 0 Å². The monoisotopic (exact) mass is 464 g/mol. The number of fused-ring (bicyclic) bond motifs is 3. The van der Waals surface area contributed by atoms with Crippen LogP contribution in [0.3, 0.4) is 0 Å². The fourth-order valence-corrected chi connectivity index (χ4v) is 5.41. The normalized spacial score (nSPS) is 16.5. The number of carbonyl (C=O) groups excluding carboxylic acids is 1. The third kappa shape index (κ3) is 4.11. The van der Waals surface area contributed by atoms with Crippen LogP contribution < -0.4 is 10.9 Å². The molecule has 0 unspecified atom stereocenters. The first kappa shape index (κ1) is 21.3. The maximum Gasteiger partial charge on any atom is 0.279 e. The van der Waals surface area contributed by atoms with Crippen LogP contribution >= 0.6 is 34.5 Å². The first-order chi connectivity index (χ1) is 14.1. The van der Waals surface area contributed by atoms with Gasteiger partial charge in [-0.05, 0) is 54.4 Å². The molecule has 1 atom stereocenters. The number of carbonyl (C=O) groups is 1. The number of amides is 1. The number of rotatable bonds is 3. The van der Waals surface area contributed by atoms with E-state index in [0.29, 0.717) is 31.9 Å². The lowest BCUT2D eigenvalue weighted by Crippen LogP contribution is -2.31. The summed E-state index contributed by atoms with van der Waals surface area (Å²) >= 11 is 13.4. The molecule has 1 amide bonds. The molecule has 0 fully saturated rings. The van der Waals surface area contributed by atoms with Crippen molar-refractivity contribution in [3.8, 4) is 0 Å². The molecule has 1 N–H and O–H groups in total. The summed E-state index contributed by atoms with van der Waals surface area (Å²) in [6.45, 7) is 6.55. The Morgan fingerprint density at radius 2 is 2.07 bits per heavy atom. The quantitative estimate of drug-likeness (QED) is 0.594. The molecule has 0 aliphatic heterocycles. The summed E-state index contributed by atoms with van der Waals surface area (Å²) in [5.74, 6) is 0.186. The van der Waals surface area contributed by atoms with E-state index in [9.17, 15) is 9.59 Å². The van der Waals surface area contributed by atoms with E-state index in [-0.39, 0.29) is 23.4 Å². The van der Waals surface area contributed by atoms with Crippen LogP contribution in [-0.2, 0) is 24.2 Å². The topological polar surface area (TPSA) is 76.9 Å². The number of aryl methyl sites for hydroxylation is 1. The van der Waals surface area contributed by atoms with Crippen LogP contribution in [0.5, 0.6) is 0 Å². The van der Waals surface area contributed by atoms with Gasteiger partial charge in [-0.1, -0.05) is 49.2 Å². The zero-order chi connectivity index (χ0) is 21.6. The van der Waals surface area contributed by atoms with Crippen molar-refractivity contribution in [2.24, 2.45) is 11.3 Å². The van der Waals surface area contributed by atoms with Gasteiger partial charge in [0, 0.05) is 10.6 Å². The van der Waals surface area contributed by atoms with Gasteiger partial charge in [0.15, 0.2) is 4.83 Å². The molecule has 0 saturated carbocycles. The number of nitrogens with one attached hydrogen (secondary N) is 1. The first-order valence-corrected chi connectivity index (χ1v) is 11.3. The van der Waals surface area contributed by atoms with Gasteiger partial charge in [0.1, 0.15) is 6.54 Å². The molecule has 0 saturated heterocycles. The average molecular weight is 465 g/mol. The molecular formula is C21H22Cl2N4O2S. The second-order valence-electron chi connectivity index (χ2n) is 8.72. The minimum absolute atomic E-state index is 0.225. The molecule has 0 spiro atoms. The summed E-state index contributed by atoms with van der Waals surface area (Å²) in [5, 5.41) is 12.3. The fraction of sp³-hybridized carbons (Fsp3) is 0.429. The van der Waals surface area contributed by atoms with E-state index in [0.717, 1.165) is 29.5 Å². The second kappa shape index (κ2) is 7.94. The minimum atomic E-state index is -0.388. The van der Waals surface area contributed by atoms with Crippen molar-refractivity contribution in [2.75, 3.05) is 5.32 Å². The van der Waals surface area contributed by atoms with Crippen molar-refractivity contribution in [1.82, 2.24) is 15.0 Å². The van der Waals surface area contributed by atoms with Crippen molar-refractivity contribution in [2.45, 2.75) is 46.6 Å². The van der Waals surface area contributed by atoms with E-state index in [1.807, 2.05) is 0 Å². The predicted molar refractivity (Wildman–Crippen MR) is 122 cm³/mol. The summed E-state index contributed by atoms with van der Waals surface area (Å²) < 4.78 is 1.12. The smallest absolute Gasteiger partial charge is 0.279 e. The predicted octanol–water partition coefficient (Wildman–Crippen LogP) is 4.95. The molecule has 9 heteroatoms. The molecular weight excluding hydrogens is 443 g/mol. The van der Waals surface area contributed by atoms with Crippen molar-refractivity contribution >= 4 is 56.3 Å².